The van der Waals surface area contributed by atoms with Gasteiger partial charge >= 0.3 is 0 Å². The van der Waals surface area contributed by atoms with E-state index in [1.165, 1.54) is 0 Å². The molecule has 16 heavy (non-hydrogen) atoms. The summed E-state index contributed by atoms with van der Waals surface area (Å²) >= 11 is 0. The Balaban J connectivity index is 1.75. The summed E-state index contributed by atoms with van der Waals surface area (Å²) in [4.78, 5) is 14.2. The second-order valence-corrected chi connectivity index (χ2v) is 4.73. The van der Waals surface area contributed by atoms with Gasteiger partial charge in [0.2, 0.25) is 0 Å². The Labute approximate surface area is 94.4 Å². The number of aryl methyl sites for hydroxylation is 1. The molecule has 2 fully saturated rings. The summed E-state index contributed by atoms with van der Waals surface area (Å²) in [6.45, 7) is 3.89. The minimum Gasteiger partial charge on any atom is -0.337 e. The van der Waals surface area contributed by atoms with Gasteiger partial charge in [-0.1, -0.05) is 0 Å². The number of aromatic nitrogens is 2. The van der Waals surface area contributed by atoms with Gasteiger partial charge in [-0.15, -0.1) is 0 Å². The van der Waals surface area contributed by atoms with E-state index >= 15 is 0 Å². The second-order valence-electron chi connectivity index (χ2n) is 4.73. The fraction of sp³-hybridized carbons (Fsp3) is 0.636. The molecular weight excluding hydrogens is 204 g/mol. The first-order chi connectivity index (χ1) is 7.75. The van der Waals surface area contributed by atoms with Crippen molar-refractivity contribution in [3.05, 3.63) is 18.0 Å². The zero-order chi connectivity index (χ0) is 11.1. The van der Waals surface area contributed by atoms with Gasteiger partial charge in [-0.25, -0.2) is 0 Å². The highest BCUT2D eigenvalue weighted by Gasteiger charge is 2.38. The lowest BCUT2D eigenvalue weighted by Crippen LogP contribution is -2.33. The Morgan fingerprint density at radius 3 is 2.69 bits per heavy atom. The van der Waals surface area contributed by atoms with Gasteiger partial charge < -0.3 is 10.2 Å². The summed E-state index contributed by atoms with van der Waals surface area (Å²) in [5.74, 6) is 1.42. The average Bonchev–Trinajstić information content (AvgIpc) is 2.89. The molecule has 0 saturated carbocycles. The number of hydrogen-bond donors (Lipinski definition) is 1. The molecule has 5 heteroatoms. The van der Waals surface area contributed by atoms with Crippen LogP contribution in [0.3, 0.4) is 0 Å². The molecule has 1 amide bonds. The third kappa shape index (κ3) is 1.43. The third-order valence-electron chi connectivity index (χ3n) is 3.72. The SMILES string of the molecule is Cn1nccc1C(=O)N1C[C@H]2CNC[C@H]2C1. The van der Waals surface area contributed by atoms with Gasteiger partial charge in [0.15, 0.2) is 0 Å². The standard InChI is InChI=1S/C11H16N4O/c1-14-10(2-3-13-14)11(16)15-6-8-4-12-5-9(8)7-15/h2-3,8-9,12H,4-7H2,1H3/t8-,9+. The maximum atomic E-state index is 12.2. The van der Waals surface area contributed by atoms with E-state index in [1.54, 1.807) is 16.9 Å². The van der Waals surface area contributed by atoms with E-state index in [-0.39, 0.29) is 5.91 Å². The molecule has 1 aromatic rings. The fourth-order valence-electron chi connectivity index (χ4n) is 2.77. The molecule has 2 saturated heterocycles. The molecule has 0 aromatic carbocycles. The normalized spacial score (nSPS) is 28.4. The molecule has 2 atom stereocenters. The largest absolute Gasteiger partial charge is 0.337 e. The van der Waals surface area contributed by atoms with Gasteiger partial charge in [0.25, 0.3) is 5.91 Å². The number of carbonyl (C=O) groups is 1. The van der Waals surface area contributed by atoms with Crippen LogP contribution in [-0.4, -0.2) is 46.8 Å². The monoisotopic (exact) mass is 220 g/mol. The van der Waals surface area contributed by atoms with Gasteiger partial charge in [-0.05, 0) is 17.9 Å². The van der Waals surface area contributed by atoms with E-state index in [4.69, 9.17) is 0 Å². The molecule has 3 heterocycles. The van der Waals surface area contributed by atoms with Crippen LogP contribution in [0.1, 0.15) is 10.5 Å². The maximum absolute atomic E-state index is 12.2. The number of hydrogen-bond acceptors (Lipinski definition) is 3. The summed E-state index contributed by atoms with van der Waals surface area (Å²) in [6.07, 6.45) is 1.67. The molecule has 0 unspecified atom stereocenters. The van der Waals surface area contributed by atoms with Gasteiger partial charge in [0.05, 0.1) is 0 Å². The van der Waals surface area contributed by atoms with Gasteiger partial charge in [0, 0.05) is 39.4 Å². The summed E-state index contributed by atoms with van der Waals surface area (Å²) in [6, 6.07) is 1.79. The van der Waals surface area contributed by atoms with E-state index in [9.17, 15) is 4.79 Å². The lowest BCUT2D eigenvalue weighted by molar-refractivity contribution is 0.0771. The number of carbonyl (C=O) groups excluding carboxylic acids is 1. The number of nitrogens with zero attached hydrogens (tertiary/aromatic N) is 3. The zero-order valence-electron chi connectivity index (χ0n) is 9.39. The van der Waals surface area contributed by atoms with Crippen LogP contribution in [0, 0.1) is 11.8 Å². The Hall–Kier alpha value is -1.36. The first kappa shape index (κ1) is 9.84. The molecule has 2 aliphatic heterocycles. The first-order valence-electron chi connectivity index (χ1n) is 5.73. The highest BCUT2D eigenvalue weighted by Crippen LogP contribution is 2.27. The van der Waals surface area contributed by atoms with Crippen molar-refractivity contribution in [1.29, 1.82) is 0 Å². The van der Waals surface area contributed by atoms with Crippen molar-refractivity contribution in [2.75, 3.05) is 26.2 Å². The highest BCUT2D eigenvalue weighted by molar-refractivity contribution is 5.92. The number of amides is 1. The Kier molecular flexibility index (Phi) is 2.21. The Morgan fingerprint density at radius 2 is 2.12 bits per heavy atom. The van der Waals surface area contributed by atoms with Gasteiger partial charge in [0.1, 0.15) is 5.69 Å². The van der Waals surface area contributed by atoms with E-state index in [2.05, 4.69) is 10.4 Å². The molecular formula is C11H16N4O. The number of rotatable bonds is 1. The van der Waals surface area contributed by atoms with Crippen molar-refractivity contribution >= 4 is 5.91 Å². The molecule has 3 rings (SSSR count). The van der Waals surface area contributed by atoms with Crippen molar-refractivity contribution in [2.45, 2.75) is 0 Å². The topological polar surface area (TPSA) is 50.2 Å². The predicted molar refractivity (Wildman–Crippen MR) is 59.0 cm³/mol. The van der Waals surface area contributed by atoms with Crippen LogP contribution in [0.5, 0.6) is 0 Å². The van der Waals surface area contributed by atoms with Crippen LogP contribution in [-0.2, 0) is 7.05 Å². The Bertz CT molecular complexity index is 402. The van der Waals surface area contributed by atoms with Gasteiger partial charge in [-0.2, -0.15) is 5.10 Å². The molecule has 5 nitrogen and oxygen atoms in total. The minimum absolute atomic E-state index is 0.120. The van der Waals surface area contributed by atoms with Crippen molar-refractivity contribution in [1.82, 2.24) is 20.0 Å². The second kappa shape index (κ2) is 3.59. The van der Waals surface area contributed by atoms with Crippen LogP contribution < -0.4 is 5.32 Å². The predicted octanol–water partition coefficient (Wildman–Crippen LogP) is -0.288. The lowest BCUT2D eigenvalue weighted by Gasteiger charge is -2.17. The van der Waals surface area contributed by atoms with Crippen molar-refractivity contribution in [3.8, 4) is 0 Å². The number of nitrogens with one attached hydrogen (secondary N) is 1. The summed E-state index contributed by atoms with van der Waals surface area (Å²) < 4.78 is 1.65. The average molecular weight is 220 g/mol. The van der Waals surface area contributed by atoms with E-state index in [0.29, 0.717) is 17.5 Å². The summed E-state index contributed by atoms with van der Waals surface area (Å²) in [5.41, 5.74) is 0.688. The molecule has 0 radical (unpaired) electrons. The summed E-state index contributed by atoms with van der Waals surface area (Å²) in [7, 11) is 1.81. The molecule has 0 spiro atoms. The third-order valence-corrected chi connectivity index (χ3v) is 3.72. The molecule has 0 aliphatic carbocycles. The van der Waals surface area contributed by atoms with Crippen LogP contribution in [0.2, 0.25) is 0 Å². The molecule has 86 valence electrons. The van der Waals surface area contributed by atoms with Crippen molar-refractivity contribution in [3.63, 3.8) is 0 Å². The molecule has 0 bridgehead atoms. The smallest absolute Gasteiger partial charge is 0.272 e. The highest BCUT2D eigenvalue weighted by atomic mass is 16.2. The van der Waals surface area contributed by atoms with Crippen LogP contribution in [0.4, 0.5) is 0 Å². The first-order valence-corrected chi connectivity index (χ1v) is 5.73. The quantitative estimate of drug-likeness (QED) is 0.707. The summed E-state index contributed by atoms with van der Waals surface area (Å²) in [5, 5.41) is 7.41. The molecule has 1 aromatic heterocycles. The van der Waals surface area contributed by atoms with Crippen LogP contribution in [0.25, 0.3) is 0 Å². The number of likely N-dealkylation sites (tertiary alicyclic amines) is 1. The van der Waals surface area contributed by atoms with Crippen molar-refractivity contribution in [2.24, 2.45) is 18.9 Å². The van der Waals surface area contributed by atoms with E-state index in [0.717, 1.165) is 26.2 Å². The maximum Gasteiger partial charge on any atom is 0.272 e. The van der Waals surface area contributed by atoms with Crippen LogP contribution in [0.15, 0.2) is 12.3 Å². The van der Waals surface area contributed by atoms with Gasteiger partial charge in [-0.3, -0.25) is 9.48 Å². The van der Waals surface area contributed by atoms with E-state index in [1.807, 2.05) is 11.9 Å². The van der Waals surface area contributed by atoms with E-state index < -0.39 is 0 Å². The fourth-order valence-corrected chi connectivity index (χ4v) is 2.77. The number of fused-ring (bicyclic) bond motifs is 1. The zero-order valence-corrected chi connectivity index (χ0v) is 9.39. The molecule has 1 N–H and O–H groups in total. The Morgan fingerprint density at radius 1 is 1.44 bits per heavy atom. The van der Waals surface area contributed by atoms with Crippen molar-refractivity contribution < 1.29 is 4.79 Å². The molecule has 2 aliphatic rings. The van der Waals surface area contributed by atoms with Crippen LogP contribution >= 0.6 is 0 Å². The minimum atomic E-state index is 0.120. The lowest BCUT2D eigenvalue weighted by atomic mass is 10.0.